The van der Waals surface area contributed by atoms with Gasteiger partial charge < -0.3 is 4.90 Å². The highest BCUT2D eigenvalue weighted by Gasteiger charge is 2.38. The van der Waals surface area contributed by atoms with Crippen molar-refractivity contribution >= 4 is 17.5 Å². The molecular formula is C17H21ClF2N2O. The third-order valence-corrected chi connectivity index (χ3v) is 5.00. The number of nitrogens with zero attached hydrogens (tertiary/aromatic N) is 2. The fourth-order valence-corrected chi connectivity index (χ4v) is 3.46. The van der Waals surface area contributed by atoms with E-state index in [0.29, 0.717) is 11.6 Å². The minimum atomic E-state index is -2.60. The topological polar surface area (TPSA) is 23.6 Å². The second-order valence-electron chi connectivity index (χ2n) is 6.53. The Hall–Kier alpha value is -1.20. The molecule has 0 saturated carbocycles. The Bertz CT molecular complexity index is 554. The maximum atomic E-state index is 13.2. The molecule has 0 bridgehead atoms. The van der Waals surface area contributed by atoms with Gasteiger partial charge in [0.15, 0.2) is 0 Å². The molecular weight excluding hydrogens is 322 g/mol. The molecule has 0 N–H and O–H groups in total. The molecule has 126 valence electrons. The molecule has 2 saturated heterocycles. The van der Waals surface area contributed by atoms with Crippen LogP contribution >= 0.6 is 11.6 Å². The summed E-state index contributed by atoms with van der Waals surface area (Å²) in [6.07, 6.45) is 0.388. The van der Waals surface area contributed by atoms with Gasteiger partial charge in [-0.25, -0.2) is 8.78 Å². The zero-order valence-electron chi connectivity index (χ0n) is 13.0. The minimum absolute atomic E-state index is 0.0408. The average molecular weight is 343 g/mol. The summed E-state index contributed by atoms with van der Waals surface area (Å²) in [5.41, 5.74) is 1.17. The third kappa shape index (κ3) is 4.21. The van der Waals surface area contributed by atoms with E-state index in [4.69, 9.17) is 11.6 Å². The summed E-state index contributed by atoms with van der Waals surface area (Å²) in [7, 11) is 0. The van der Waals surface area contributed by atoms with Crippen LogP contribution < -0.4 is 0 Å². The molecule has 0 radical (unpaired) electrons. The maximum Gasteiger partial charge on any atom is 0.251 e. The highest BCUT2D eigenvalue weighted by molar-refractivity contribution is 6.30. The van der Waals surface area contributed by atoms with Crippen molar-refractivity contribution in [3.63, 3.8) is 0 Å². The van der Waals surface area contributed by atoms with Crippen LogP contribution in [0.15, 0.2) is 24.3 Å². The van der Waals surface area contributed by atoms with E-state index < -0.39 is 5.92 Å². The van der Waals surface area contributed by atoms with Crippen LogP contribution in [0.1, 0.15) is 24.8 Å². The Morgan fingerprint density at radius 1 is 1.17 bits per heavy atom. The van der Waals surface area contributed by atoms with Gasteiger partial charge in [0.2, 0.25) is 5.91 Å². The zero-order valence-corrected chi connectivity index (χ0v) is 13.7. The summed E-state index contributed by atoms with van der Waals surface area (Å²) >= 11 is 5.88. The molecule has 0 aliphatic carbocycles. The molecule has 1 aromatic carbocycles. The van der Waals surface area contributed by atoms with Crippen LogP contribution in [0.4, 0.5) is 8.78 Å². The number of likely N-dealkylation sites (tertiary alicyclic amines) is 2. The zero-order chi connectivity index (χ0) is 16.4. The Kier molecular flexibility index (Phi) is 4.87. The van der Waals surface area contributed by atoms with Crippen LogP contribution in [0, 0.1) is 5.92 Å². The minimum Gasteiger partial charge on any atom is -0.342 e. The van der Waals surface area contributed by atoms with Gasteiger partial charge in [-0.2, -0.15) is 0 Å². The smallest absolute Gasteiger partial charge is 0.251 e. The van der Waals surface area contributed by atoms with Crippen LogP contribution in [-0.2, 0) is 11.3 Å². The number of benzene rings is 1. The van der Waals surface area contributed by atoms with Crippen molar-refractivity contribution in [1.82, 2.24) is 9.80 Å². The fraction of sp³-hybridized carbons (Fsp3) is 0.588. The van der Waals surface area contributed by atoms with E-state index in [9.17, 15) is 13.6 Å². The van der Waals surface area contributed by atoms with E-state index in [1.54, 1.807) is 4.90 Å². The Morgan fingerprint density at radius 3 is 2.48 bits per heavy atom. The lowest BCUT2D eigenvalue weighted by molar-refractivity contribution is -0.141. The number of hydrogen-bond acceptors (Lipinski definition) is 2. The fourth-order valence-electron chi connectivity index (χ4n) is 3.34. The second-order valence-corrected chi connectivity index (χ2v) is 6.96. The van der Waals surface area contributed by atoms with Crippen LogP contribution in [0.25, 0.3) is 0 Å². The molecule has 6 heteroatoms. The van der Waals surface area contributed by atoms with Crippen molar-refractivity contribution in [3.05, 3.63) is 34.9 Å². The highest BCUT2D eigenvalue weighted by Crippen LogP contribution is 2.29. The molecule has 0 spiro atoms. The Labute approximate surface area is 140 Å². The number of carbonyl (C=O) groups excluding carboxylic acids is 1. The molecule has 2 aliphatic rings. The summed E-state index contributed by atoms with van der Waals surface area (Å²) in [6, 6.07) is 7.71. The molecule has 1 atom stereocenters. The van der Waals surface area contributed by atoms with Crippen molar-refractivity contribution in [1.29, 1.82) is 0 Å². The van der Waals surface area contributed by atoms with Gasteiger partial charge in [0, 0.05) is 44.0 Å². The van der Waals surface area contributed by atoms with Crippen molar-refractivity contribution < 1.29 is 13.6 Å². The van der Waals surface area contributed by atoms with Crippen LogP contribution in [-0.4, -0.2) is 47.8 Å². The van der Waals surface area contributed by atoms with Gasteiger partial charge in [0.05, 0.1) is 5.92 Å². The quantitative estimate of drug-likeness (QED) is 0.840. The van der Waals surface area contributed by atoms with Crippen LogP contribution in [0.2, 0.25) is 5.02 Å². The number of alkyl halides is 2. The molecule has 1 unspecified atom stereocenters. The van der Waals surface area contributed by atoms with E-state index in [2.05, 4.69) is 4.90 Å². The summed E-state index contributed by atoms with van der Waals surface area (Å²) in [6.45, 7) is 2.72. The molecule has 2 aliphatic heterocycles. The number of piperidine rings is 1. The molecule has 1 aromatic rings. The second kappa shape index (κ2) is 6.73. The third-order valence-electron chi connectivity index (χ3n) is 4.75. The first-order valence-corrected chi connectivity index (χ1v) is 8.44. The summed E-state index contributed by atoms with van der Waals surface area (Å²) in [5.74, 6) is -2.62. The van der Waals surface area contributed by atoms with E-state index in [1.165, 1.54) is 5.56 Å². The van der Waals surface area contributed by atoms with Crippen molar-refractivity contribution in [2.24, 2.45) is 5.92 Å². The lowest BCUT2D eigenvalue weighted by Gasteiger charge is -2.33. The molecule has 3 rings (SSSR count). The highest BCUT2D eigenvalue weighted by atomic mass is 35.5. The first kappa shape index (κ1) is 16.7. The Balaban J connectivity index is 1.51. The number of amides is 1. The average Bonchev–Trinajstić information content (AvgIpc) is 2.97. The monoisotopic (exact) mass is 342 g/mol. The van der Waals surface area contributed by atoms with E-state index in [-0.39, 0.29) is 37.8 Å². The number of rotatable bonds is 3. The van der Waals surface area contributed by atoms with Gasteiger partial charge in [-0.1, -0.05) is 23.7 Å². The van der Waals surface area contributed by atoms with Crippen molar-refractivity contribution in [3.8, 4) is 0 Å². The molecule has 23 heavy (non-hydrogen) atoms. The summed E-state index contributed by atoms with van der Waals surface area (Å²) in [4.78, 5) is 16.4. The molecule has 0 aromatic heterocycles. The lowest BCUT2D eigenvalue weighted by Crippen LogP contribution is -2.45. The van der Waals surface area contributed by atoms with Crippen LogP contribution in [0.5, 0.6) is 0 Å². The van der Waals surface area contributed by atoms with Gasteiger partial charge in [-0.15, -0.1) is 0 Å². The maximum absolute atomic E-state index is 13.2. The largest absolute Gasteiger partial charge is 0.342 e. The lowest BCUT2D eigenvalue weighted by atomic mass is 10.0. The Morgan fingerprint density at radius 2 is 1.83 bits per heavy atom. The van der Waals surface area contributed by atoms with Gasteiger partial charge in [0.1, 0.15) is 0 Å². The van der Waals surface area contributed by atoms with Gasteiger partial charge in [-0.3, -0.25) is 9.69 Å². The molecule has 2 fully saturated rings. The van der Waals surface area contributed by atoms with E-state index in [0.717, 1.165) is 19.5 Å². The first-order chi connectivity index (χ1) is 10.9. The predicted molar refractivity (Wildman–Crippen MR) is 85.6 cm³/mol. The number of hydrogen-bond donors (Lipinski definition) is 0. The van der Waals surface area contributed by atoms with Gasteiger partial charge >= 0.3 is 0 Å². The van der Waals surface area contributed by atoms with E-state index in [1.807, 2.05) is 24.3 Å². The molecule has 2 heterocycles. The van der Waals surface area contributed by atoms with Gasteiger partial charge in [-0.05, 0) is 30.7 Å². The first-order valence-electron chi connectivity index (χ1n) is 8.06. The van der Waals surface area contributed by atoms with Crippen molar-refractivity contribution in [2.45, 2.75) is 31.7 Å². The van der Waals surface area contributed by atoms with Crippen molar-refractivity contribution in [2.75, 3.05) is 26.2 Å². The summed E-state index contributed by atoms with van der Waals surface area (Å²) < 4.78 is 26.4. The number of carbonyl (C=O) groups is 1. The normalized spacial score (nSPS) is 24.8. The molecule has 3 nitrogen and oxygen atoms in total. The van der Waals surface area contributed by atoms with Gasteiger partial charge in [0.25, 0.3) is 5.92 Å². The van der Waals surface area contributed by atoms with E-state index >= 15 is 0 Å². The molecule has 1 amide bonds. The van der Waals surface area contributed by atoms with Crippen LogP contribution in [0.3, 0.4) is 0 Å². The SMILES string of the molecule is O=C(C1CCN(Cc2ccc(Cl)cc2)C1)N1CCC(F)(F)CC1. The summed E-state index contributed by atoms with van der Waals surface area (Å²) in [5, 5.41) is 0.713. The standard InChI is InChI=1S/C17H21ClF2N2O/c18-15-3-1-13(2-4-15)11-21-8-5-14(12-21)16(23)22-9-6-17(19,20)7-10-22/h1-4,14H,5-12H2. The number of halogens is 3. The predicted octanol–water partition coefficient (Wildman–Crippen LogP) is 3.42.